The van der Waals surface area contributed by atoms with Crippen molar-refractivity contribution in [3.05, 3.63) is 71.3 Å². The van der Waals surface area contributed by atoms with Gasteiger partial charge in [-0.3, -0.25) is 4.79 Å². The second-order valence-electron chi connectivity index (χ2n) is 7.37. The van der Waals surface area contributed by atoms with E-state index in [9.17, 15) is 4.79 Å². The summed E-state index contributed by atoms with van der Waals surface area (Å²) in [6.07, 6.45) is 2.87. The molecule has 0 saturated heterocycles. The smallest absolute Gasteiger partial charge is 0.225 e. The highest BCUT2D eigenvalue weighted by molar-refractivity contribution is 5.80. The van der Waals surface area contributed by atoms with Gasteiger partial charge in [0.1, 0.15) is 0 Å². The summed E-state index contributed by atoms with van der Waals surface area (Å²) in [6, 6.07) is 18.6. The first-order valence-corrected chi connectivity index (χ1v) is 9.27. The zero-order chi connectivity index (χ0) is 17.8. The van der Waals surface area contributed by atoms with Crippen LogP contribution >= 0.6 is 0 Å². The van der Waals surface area contributed by atoms with Crippen LogP contribution in [0.5, 0.6) is 0 Å². The van der Waals surface area contributed by atoms with Crippen LogP contribution in [0.4, 0.5) is 0 Å². The molecule has 0 aromatic heterocycles. The number of carbonyl (C=O) groups is 1. The molecule has 0 radical (unpaired) electrons. The number of carbonyl (C=O) groups excluding carboxylic acids is 1. The lowest BCUT2D eigenvalue weighted by atomic mass is 9.94. The van der Waals surface area contributed by atoms with Gasteiger partial charge in [0.25, 0.3) is 0 Å². The number of hydrogen-bond acceptors (Lipinski definition) is 2. The van der Waals surface area contributed by atoms with Crippen molar-refractivity contribution < 1.29 is 4.79 Å². The van der Waals surface area contributed by atoms with E-state index in [2.05, 4.69) is 55.6 Å². The molecule has 2 aromatic carbocycles. The van der Waals surface area contributed by atoms with Crippen LogP contribution in [0.25, 0.3) is 0 Å². The predicted octanol–water partition coefficient (Wildman–Crippen LogP) is 4.14. The normalized spacial score (nSPS) is 21.3. The van der Waals surface area contributed by atoms with E-state index < -0.39 is 0 Å². The molecule has 3 nitrogen and oxygen atoms in total. The van der Waals surface area contributed by atoms with Crippen LogP contribution in [0.15, 0.2) is 54.6 Å². The molecule has 2 aromatic rings. The van der Waals surface area contributed by atoms with Crippen molar-refractivity contribution in [3.8, 4) is 0 Å². The molecule has 0 aliphatic heterocycles. The van der Waals surface area contributed by atoms with Gasteiger partial charge in [-0.05, 0) is 35.4 Å². The Bertz CT molecular complexity index is 694. The quantitative estimate of drug-likeness (QED) is 0.862. The minimum Gasteiger partial charge on any atom is -0.345 e. The molecule has 0 heterocycles. The highest BCUT2D eigenvalue weighted by Gasteiger charge is 2.31. The first-order chi connectivity index (χ1) is 12.1. The van der Waals surface area contributed by atoms with Crippen LogP contribution in [-0.2, 0) is 4.79 Å². The average molecular weight is 336 g/mol. The lowest BCUT2D eigenvalue weighted by Crippen LogP contribution is -2.40. The zero-order valence-corrected chi connectivity index (χ0v) is 15.1. The number of rotatable bonds is 5. The first-order valence-electron chi connectivity index (χ1n) is 9.27. The highest BCUT2D eigenvalue weighted by atomic mass is 16.2. The van der Waals surface area contributed by atoms with E-state index in [0.717, 1.165) is 30.4 Å². The Labute approximate surface area is 150 Å². The van der Waals surface area contributed by atoms with Gasteiger partial charge in [-0.25, -0.2) is 0 Å². The maximum Gasteiger partial charge on any atom is 0.225 e. The highest BCUT2D eigenvalue weighted by Crippen LogP contribution is 2.28. The molecule has 0 bridgehead atoms. The van der Waals surface area contributed by atoms with Crippen molar-refractivity contribution in [2.75, 3.05) is 0 Å². The summed E-state index contributed by atoms with van der Waals surface area (Å²) in [5, 5.41) is 3.25. The van der Waals surface area contributed by atoms with Crippen molar-refractivity contribution >= 4 is 5.91 Å². The molecular formula is C22H28N2O. The molecule has 1 aliphatic rings. The number of benzene rings is 2. The fourth-order valence-electron chi connectivity index (χ4n) is 3.64. The fourth-order valence-corrected chi connectivity index (χ4v) is 3.64. The van der Waals surface area contributed by atoms with Crippen LogP contribution in [0.2, 0.25) is 0 Å². The Hall–Kier alpha value is -2.13. The average Bonchev–Trinajstić information content (AvgIpc) is 3.06. The molecule has 0 spiro atoms. The molecule has 3 N–H and O–H groups in total. The summed E-state index contributed by atoms with van der Waals surface area (Å²) in [4.78, 5) is 12.8. The van der Waals surface area contributed by atoms with Crippen LogP contribution in [0.1, 0.15) is 61.8 Å². The largest absolute Gasteiger partial charge is 0.345 e. The zero-order valence-electron chi connectivity index (χ0n) is 15.1. The lowest BCUT2D eigenvalue weighted by molar-refractivity contribution is -0.125. The topological polar surface area (TPSA) is 55.1 Å². The molecule has 1 fully saturated rings. The first kappa shape index (κ1) is 17.7. The molecule has 0 unspecified atom stereocenters. The van der Waals surface area contributed by atoms with Gasteiger partial charge >= 0.3 is 0 Å². The van der Waals surface area contributed by atoms with E-state index in [0.29, 0.717) is 5.92 Å². The van der Waals surface area contributed by atoms with Gasteiger partial charge in [0.05, 0.1) is 12.0 Å². The molecule has 1 aliphatic carbocycles. The summed E-state index contributed by atoms with van der Waals surface area (Å²) >= 11 is 0. The summed E-state index contributed by atoms with van der Waals surface area (Å²) < 4.78 is 0. The van der Waals surface area contributed by atoms with Crippen LogP contribution in [0, 0.1) is 5.92 Å². The van der Waals surface area contributed by atoms with Gasteiger partial charge in [-0.15, -0.1) is 0 Å². The monoisotopic (exact) mass is 336 g/mol. The number of nitrogens with one attached hydrogen (secondary N) is 1. The number of nitrogens with two attached hydrogens (primary N) is 1. The lowest BCUT2D eigenvalue weighted by Gasteiger charge is -2.24. The van der Waals surface area contributed by atoms with E-state index in [1.165, 1.54) is 5.56 Å². The van der Waals surface area contributed by atoms with Crippen molar-refractivity contribution in [2.45, 2.75) is 51.1 Å². The van der Waals surface area contributed by atoms with E-state index in [1.807, 2.05) is 18.2 Å². The standard InChI is InChI=1S/C22H28N2O/c1-15(2)16-11-13-18(14-12-16)21(17-7-4-3-5-8-17)24-22(25)19-9-6-10-20(19)23/h3-5,7-8,11-15,19-21H,6,9-10,23H2,1-2H3,(H,24,25)/t19-,20+,21+/m1/s1. The van der Waals surface area contributed by atoms with Gasteiger partial charge < -0.3 is 11.1 Å². The Kier molecular flexibility index (Phi) is 5.54. The molecule has 1 saturated carbocycles. The van der Waals surface area contributed by atoms with Crippen molar-refractivity contribution in [2.24, 2.45) is 11.7 Å². The Morgan fingerprint density at radius 1 is 0.960 bits per heavy atom. The van der Waals surface area contributed by atoms with Gasteiger partial charge in [-0.2, -0.15) is 0 Å². The molecular weight excluding hydrogens is 308 g/mol. The van der Waals surface area contributed by atoms with E-state index in [1.54, 1.807) is 0 Å². The fraction of sp³-hybridized carbons (Fsp3) is 0.409. The summed E-state index contributed by atoms with van der Waals surface area (Å²) in [7, 11) is 0. The van der Waals surface area contributed by atoms with Crippen molar-refractivity contribution in [1.29, 1.82) is 0 Å². The summed E-state index contributed by atoms with van der Waals surface area (Å²) in [5.41, 5.74) is 9.63. The third-order valence-electron chi connectivity index (χ3n) is 5.26. The van der Waals surface area contributed by atoms with E-state index in [-0.39, 0.29) is 23.9 Å². The molecule has 1 amide bonds. The second kappa shape index (κ2) is 7.83. The van der Waals surface area contributed by atoms with Gasteiger partial charge in [0, 0.05) is 6.04 Å². The van der Waals surface area contributed by atoms with Gasteiger partial charge in [0.2, 0.25) is 5.91 Å². The van der Waals surface area contributed by atoms with Crippen LogP contribution in [-0.4, -0.2) is 11.9 Å². The molecule has 3 rings (SSSR count). The van der Waals surface area contributed by atoms with Crippen molar-refractivity contribution in [3.63, 3.8) is 0 Å². The predicted molar refractivity (Wildman–Crippen MR) is 102 cm³/mol. The minimum atomic E-state index is -0.136. The van der Waals surface area contributed by atoms with Crippen molar-refractivity contribution in [1.82, 2.24) is 5.32 Å². The Morgan fingerprint density at radius 2 is 1.56 bits per heavy atom. The van der Waals surface area contributed by atoms with Crippen LogP contribution < -0.4 is 11.1 Å². The van der Waals surface area contributed by atoms with Crippen LogP contribution in [0.3, 0.4) is 0 Å². The third kappa shape index (κ3) is 4.10. The van der Waals surface area contributed by atoms with Gasteiger partial charge in [0.15, 0.2) is 0 Å². The van der Waals surface area contributed by atoms with E-state index in [4.69, 9.17) is 5.73 Å². The molecule has 132 valence electrons. The third-order valence-corrected chi connectivity index (χ3v) is 5.26. The van der Waals surface area contributed by atoms with Gasteiger partial charge in [-0.1, -0.05) is 74.9 Å². The number of hydrogen-bond donors (Lipinski definition) is 2. The molecule has 25 heavy (non-hydrogen) atoms. The summed E-state index contributed by atoms with van der Waals surface area (Å²) in [6.45, 7) is 4.37. The maximum absolute atomic E-state index is 12.8. The number of amides is 1. The minimum absolute atomic E-state index is 0.0141. The van der Waals surface area contributed by atoms with E-state index >= 15 is 0 Å². The Balaban J connectivity index is 1.86. The molecule has 3 heteroatoms. The second-order valence-corrected chi connectivity index (χ2v) is 7.37. The Morgan fingerprint density at radius 3 is 2.12 bits per heavy atom. The molecule has 3 atom stereocenters. The SMILES string of the molecule is CC(C)c1ccc([C@@H](NC(=O)[C@@H]2CCC[C@@H]2N)c2ccccc2)cc1. The summed E-state index contributed by atoms with van der Waals surface area (Å²) in [5.74, 6) is 0.503. The maximum atomic E-state index is 12.8.